The average Bonchev–Trinajstić information content (AvgIpc) is 3.12. The van der Waals surface area contributed by atoms with Crippen LogP contribution in [0.5, 0.6) is 0 Å². The first-order chi connectivity index (χ1) is 10.9. The van der Waals surface area contributed by atoms with Crippen molar-refractivity contribution in [2.45, 2.75) is 12.5 Å². The molecule has 3 amide bonds. The number of nitrogens with zero attached hydrogens (tertiary/aromatic N) is 1. The van der Waals surface area contributed by atoms with Gasteiger partial charge in [-0.1, -0.05) is 29.8 Å². The van der Waals surface area contributed by atoms with E-state index in [1.165, 1.54) is 0 Å². The number of rotatable bonds is 4. The van der Waals surface area contributed by atoms with Crippen molar-refractivity contribution >= 4 is 29.3 Å². The van der Waals surface area contributed by atoms with Gasteiger partial charge in [0.2, 0.25) is 0 Å². The quantitative estimate of drug-likeness (QED) is 0.666. The van der Waals surface area contributed by atoms with Crippen LogP contribution in [-0.2, 0) is 10.3 Å². The van der Waals surface area contributed by atoms with Crippen LogP contribution in [0, 0.1) is 0 Å². The van der Waals surface area contributed by atoms with Crippen LogP contribution in [-0.4, -0.2) is 34.2 Å². The second-order valence-electron chi connectivity index (χ2n) is 5.43. The van der Waals surface area contributed by atoms with Gasteiger partial charge in [-0.2, -0.15) is 0 Å². The number of aromatic nitrogens is 1. The molecule has 2 N–H and O–H groups in total. The zero-order valence-electron chi connectivity index (χ0n) is 12.3. The third-order valence-electron chi connectivity index (χ3n) is 3.89. The summed E-state index contributed by atoms with van der Waals surface area (Å²) in [6.07, 6.45) is 1.60. The highest BCUT2D eigenvalue weighted by atomic mass is 35.5. The Bertz CT molecular complexity index is 788. The molecule has 2 heterocycles. The fraction of sp³-hybridized carbons (Fsp3) is 0.188. The summed E-state index contributed by atoms with van der Waals surface area (Å²) >= 11 is 6.15. The number of ketones is 1. The highest BCUT2D eigenvalue weighted by Crippen LogP contribution is 2.33. The normalized spacial score (nSPS) is 20.7. The van der Waals surface area contributed by atoms with Gasteiger partial charge in [0.15, 0.2) is 5.78 Å². The molecule has 2 aromatic rings. The molecule has 0 radical (unpaired) electrons. The molecule has 118 valence electrons. The van der Waals surface area contributed by atoms with Crippen LogP contribution in [0.4, 0.5) is 4.79 Å². The molecular weight excluding hydrogens is 318 g/mol. The monoisotopic (exact) mass is 331 g/mol. The number of aromatic amines is 1. The standard InChI is InChI=1S/C16H14ClN3O3/c1-16(10-5-2-3-6-11(10)17)14(22)20(15(23)19-16)9-13(21)12-7-4-8-18-12/h2-8,18H,9H2,1H3,(H,19,23)/t16-/m1/s1. The number of amides is 3. The molecule has 1 aliphatic rings. The van der Waals surface area contributed by atoms with E-state index in [4.69, 9.17) is 11.6 Å². The number of imide groups is 1. The van der Waals surface area contributed by atoms with E-state index in [9.17, 15) is 14.4 Å². The van der Waals surface area contributed by atoms with Crippen LogP contribution in [0.25, 0.3) is 0 Å². The van der Waals surface area contributed by atoms with Gasteiger partial charge in [-0.15, -0.1) is 0 Å². The first kappa shape index (κ1) is 15.3. The SMILES string of the molecule is C[C@]1(c2ccccc2Cl)NC(=O)N(CC(=O)c2ccc[nH]2)C1=O. The smallest absolute Gasteiger partial charge is 0.325 e. The maximum atomic E-state index is 12.7. The summed E-state index contributed by atoms with van der Waals surface area (Å²) in [6.45, 7) is 1.25. The van der Waals surface area contributed by atoms with E-state index in [-0.39, 0.29) is 12.3 Å². The minimum absolute atomic E-state index is 0.328. The first-order valence-electron chi connectivity index (χ1n) is 6.99. The maximum Gasteiger partial charge on any atom is 0.325 e. The van der Waals surface area contributed by atoms with Crippen LogP contribution < -0.4 is 5.32 Å². The predicted octanol–water partition coefficient (Wildman–Crippen LogP) is 2.32. The van der Waals surface area contributed by atoms with Gasteiger partial charge in [0.25, 0.3) is 5.91 Å². The van der Waals surface area contributed by atoms with Crippen molar-refractivity contribution < 1.29 is 14.4 Å². The van der Waals surface area contributed by atoms with Crippen molar-refractivity contribution in [1.29, 1.82) is 0 Å². The summed E-state index contributed by atoms with van der Waals surface area (Å²) in [6, 6.07) is 9.45. The van der Waals surface area contributed by atoms with E-state index in [1.807, 2.05) is 0 Å². The molecule has 0 unspecified atom stereocenters. The Labute approximate surface area is 137 Å². The van der Waals surface area contributed by atoms with E-state index in [2.05, 4.69) is 10.3 Å². The number of hydrogen-bond acceptors (Lipinski definition) is 3. The number of benzene rings is 1. The molecule has 0 aliphatic carbocycles. The molecule has 0 bridgehead atoms. The van der Waals surface area contributed by atoms with Crippen LogP contribution in [0.15, 0.2) is 42.6 Å². The molecule has 1 aromatic carbocycles. The van der Waals surface area contributed by atoms with Gasteiger partial charge in [0.1, 0.15) is 5.54 Å². The highest BCUT2D eigenvalue weighted by Gasteiger charge is 2.50. The lowest BCUT2D eigenvalue weighted by atomic mass is 9.92. The molecule has 0 saturated carbocycles. The van der Waals surface area contributed by atoms with Gasteiger partial charge in [0.05, 0.1) is 12.2 Å². The minimum atomic E-state index is -1.29. The molecule has 6 nitrogen and oxygen atoms in total. The Morgan fingerprint density at radius 2 is 1.96 bits per heavy atom. The number of Topliss-reactive ketones (excluding diaryl/α,β-unsaturated/α-hetero) is 1. The number of nitrogens with one attached hydrogen (secondary N) is 2. The Hall–Kier alpha value is -2.60. The Morgan fingerprint density at radius 3 is 2.61 bits per heavy atom. The van der Waals surface area contributed by atoms with E-state index in [0.717, 1.165) is 4.90 Å². The third kappa shape index (κ3) is 2.51. The van der Waals surface area contributed by atoms with E-state index in [1.54, 1.807) is 49.5 Å². The molecule has 7 heteroatoms. The Balaban J connectivity index is 1.88. The largest absolute Gasteiger partial charge is 0.359 e. The molecule has 1 aliphatic heterocycles. The van der Waals surface area contributed by atoms with Crippen molar-refractivity contribution in [1.82, 2.24) is 15.2 Å². The lowest BCUT2D eigenvalue weighted by molar-refractivity contribution is -0.130. The van der Waals surface area contributed by atoms with Crippen molar-refractivity contribution in [3.8, 4) is 0 Å². The van der Waals surface area contributed by atoms with E-state index < -0.39 is 17.5 Å². The third-order valence-corrected chi connectivity index (χ3v) is 4.22. The Morgan fingerprint density at radius 1 is 1.22 bits per heavy atom. The molecule has 0 spiro atoms. The number of carbonyl (C=O) groups excluding carboxylic acids is 3. The van der Waals surface area contributed by atoms with Crippen molar-refractivity contribution in [3.63, 3.8) is 0 Å². The molecule has 1 atom stereocenters. The molecule has 3 rings (SSSR count). The first-order valence-corrected chi connectivity index (χ1v) is 7.37. The number of carbonyl (C=O) groups is 3. The zero-order valence-corrected chi connectivity index (χ0v) is 13.1. The Kier molecular flexibility index (Phi) is 3.69. The van der Waals surface area contributed by atoms with Gasteiger partial charge in [-0.3, -0.25) is 14.5 Å². The van der Waals surface area contributed by atoms with Crippen molar-refractivity contribution in [2.24, 2.45) is 0 Å². The van der Waals surface area contributed by atoms with Crippen LogP contribution in [0.3, 0.4) is 0 Å². The van der Waals surface area contributed by atoms with Gasteiger partial charge in [0, 0.05) is 16.8 Å². The van der Waals surface area contributed by atoms with E-state index >= 15 is 0 Å². The summed E-state index contributed by atoms with van der Waals surface area (Å²) in [5, 5.41) is 3.00. The summed E-state index contributed by atoms with van der Waals surface area (Å²) in [5.41, 5.74) is -0.447. The molecular formula is C16H14ClN3O3. The van der Waals surface area contributed by atoms with Gasteiger partial charge in [-0.05, 0) is 25.1 Å². The molecule has 1 fully saturated rings. The van der Waals surface area contributed by atoms with Crippen LogP contribution in [0.1, 0.15) is 23.0 Å². The summed E-state index contributed by atoms with van der Waals surface area (Å²) in [5.74, 6) is -0.850. The summed E-state index contributed by atoms with van der Waals surface area (Å²) in [4.78, 5) is 40.7. The fourth-order valence-electron chi connectivity index (χ4n) is 2.62. The lowest BCUT2D eigenvalue weighted by Crippen LogP contribution is -2.41. The number of H-pyrrole nitrogens is 1. The minimum Gasteiger partial charge on any atom is -0.359 e. The van der Waals surface area contributed by atoms with Gasteiger partial charge >= 0.3 is 6.03 Å². The highest BCUT2D eigenvalue weighted by molar-refractivity contribution is 6.32. The molecule has 23 heavy (non-hydrogen) atoms. The zero-order chi connectivity index (χ0) is 16.6. The predicted molar refractivity (Wildman–Crippen MR) is 84.2 cm³/mol. The van der Waals surface area contributed by atoms with Gasteiger partial charge < -0.3 is 10.3 Å². The number of hydrogen-bond donors (Lipinski definition) is 2. The summed E-state index contributed by atoms with van der Waals surface area (Å²) in [7, 11) is 0. The van der Waals surface area contributed by atoms with Crippen LogP contribution in [0.2, 0.25) is 5.02 Å². The molecule has 1 aromatic heterocycles. The van der Waals surface area contributed by atoms with Crippen molar-refractivity contribution in [2.75, 3.05) is 6.54 Å². The maximum absolute atomic E-state index is 12.7. The lowest BCUT2D eigenvalue weighted by Gasteiger charge is -2.23. The van der Waals surface area contributed by atoms with Crippen molar-refractivity contribution in [3.05, 3.63) is 58.9 Å². The fourth-order valence-corrected chi connectivity index (χ4v) is 2.95. The van der Waals surface area contributed by atoms with Crippen LogP contribution >= 0.6 is 11.6 Å². The summed E-state index contributed by atoms with van der Waals surface area (Å²) < 4.78 is 0. The second kappa shape index (κ2) is 5.55. The topological polar surface area (TPSA) is 82.3 Å². The average molecular weight is 332 g/mol. The second-order valence-corrected chi connectivity index (χ2v) is 5.84. The van der Waals surface area contributed by atoms with E-state index in [0.29, 0.717) is 16.3 Å². The van der Waals surface area contributed by atoms with Gasteiger partial charge in [-0.25, -0.2) is 4.79 Å². The number of urea groups is 1. The molecule has 1 saturated heterocycles. The number of halogens is 1.